The number of aryl methyl sites for hydroxylation is 2. The summed E-state index contributed by atoms with van der Waals surface area (Å²) < 4.78 is 0. The van der Waals surface area contributed by atoms with E-state index in [9.17, 15) is 4.79 Å². The van der Waals surface area contributed by atoms with Gasteiger partial charge in [0.2, 0.25) is 0 Å². The van der Waals surface area contributed by atoms with Crippen LogP contribution in [0.5, 0.6) is 0 Å². The van der Waals surface area contributed by atoms with Crippen LogP contribution in [0.25, 0.3) is 0 Å². The number of hydrogen-bond donors (Lipinski definition) is 0. The summed E-state index contributed by atoms with van der Waals surface area (Å²) in [6.07, 6.45) is 4.28. The van der Waals surface area contributed by atoms with Crippen LogP contribution < -0.4 is 0 Å². The lowest BCUT2D eigenvalue weighted by Crippen LogP contribution is -2.00. The zero-order valence-electron chi connectivity index (χ0n) is 13.1. The lowest BCUT2D eigenvalue weighted by atomic mass is 10.0. The molecule has 0 aromatic heterocycles. The van der Waals surface area contributed by atoms with Crippen LogP contribution in [0.15, 0.2) is 36.4 Å². The Morgan fingerprint density at radius 1 is 0.708 bits per heavy atom. The third-order valence-corrected chi connectivity index (χ3v) is 5.01. The highest BCUT2D eigenvalue weighted by Gasteiger charge is 2.07. The zero-order chi connectivity index (χ0) is 17.5. The standard InChI is InChI=1S/C19H18Cl4O/c20-15-9-7-13(18(22)11-15)3-1-5-17(24)6-2-4-14-8-10-16(21)12-19(14)23/h7-12H,1-6H2. The summed E-state index contributed by atoms with van der Waals surface area (Å²) in [5.41, 5.74) is 2.06. The van der Waals surface area contributed by atoms with Gasteiger partial charge in [-0.05, 0) is 61.1 Å². The van der Waals surface area contributed by atoms with Crippen molar-refractivity contribution in [2.45, 2.75) is 38.5 Å². The molecule has 0 saturated carbocycles. The zero-order valence-corrected chi connectivity index (χ0v) is 16.2. The van der Waals surface area contributed by atoms with E-state index in [0.717, 1.165) is 36.8 Å². The quantitative estimate of drug-likeness (QED) is 0.454. The van der Waals surface area contributed by atoms with Gasteiger partial charge in [-0.15, -0.1) is 0 Å². The molecule has 0 atom stereocenters. The number of benzene rings is 2. The molecule has 1 nitrogen and oxygen atoms in total. The molecule has 128 valence electrons. The third kappa shape index (κ3) is 6.29. The Kier molecular flexibility index (Phi) is 7.90. The maximum absolute atomic E-state index is 12.0. The first-order chi connectivity index (χ1) is 11.5. The van der Waals surface area contributed by atoms with Crippen LogP contribution in [0.4, 0.5) is 0 Å². The molecule has 0 aliphatic carbocycles. The van der Waals surface area contributed by atoms with Gasteiger partial charge in [-0.3, -0.25) is 4.79 Å². The largest absolute Gasteiger partial charge is 0.300 e. The van der Waals surface area contributed by atoms with Crippen molar-refractivity contribution in [3.63, 3.8) is 0 Å². The molecule has 0 aliphatic heterocycles. The van der Waals surface area contributed by atoms with E-state index in [4.69, 9.17) is 46.4 Å². The van der Waals surface area contributed by atoms with Crippen LogP contribution in [-0.2, 0) is 17.6 Å². The molecule has 2 rings (SSSR count). The molecular weight excluding hydrogens is 386 g/mol. The van der Waals surface area contributed by atoms with Crippen LogP contribution in [0.3, 0.4) is 0 Å². The molecule has 0 amide bonds. The molecule has 0 spiro atoms. The number of Topliss-reactive ketones (excluding diaryl/α,β-unsaturated/α-hetero) is 1. The number of ketones is 1. The number of halogens is 4. The molecular formula is C19H18Cl4O. The van der Waals surface area contributed by atoms with Crippen molar-refractivity contribution in [2.24, 2.45) is 0 Å². The van der Waals surface area contributed by atoms with Gasteiger partial charge >= 0.3 is 0 Å². The van der Waals surface area contributed by atoms with Gasteiger partial charge in [-0.2, -0.15) is 0 Å². The minimum atomic E-state index is 0.269. The van der Waals surface area contributed by atoms with Gasteiger partial charge in [0.15, 0.2) is 0 Å². The van der Waals surface area contributed by atoms with Crippen molar-refractivity contribution in [1.82, 2.24) is 0 Å². The monoisotopic (exact) mass is 402 g/mol. The minimum Gasteiger partial charge on any atom is -0.300 e. The van der Waals surface area contributed by atoms with Gasteiger partial charge in [0.05, 0.1) is 0 Å². The molecule has 0 saturated heterocycles. The van der Waals surface area contributed by atoms with E-state index in [-0.39, 0.29) is 5.78 Å². The maximum Gasteiger partial charge on any atom is 0.132 e. The van der Waals surface area contributed by atoms with E-state index in [1.54, 1.807) is 12.1 Å². The Bertz CT molecular complexity index is 653. The molecule has 5 heteroatoms. The first-order valence-electron chi connectivity index (χ1n) is 7.85. The van der Waals surface area contributed by atoms with Gasteiger partial charge in [-0.1, -0.05) is 58.5 Å². The van der Waals surface area contributed by atoms with Crippen LogP contribution in [0, 0.1) is 0 Å². The summed E-state index contributed by atoms with van der Waals surface area (Å²) in [6, 6.07) is 10.9. The molecule has 2 aromatic carbocycles. The van der Waals surface area contributed by atoms with Crippen LogP contribution in [0.2, 0.25) is 20.1 Å². The van der Waals surface area contributed by atoms with Crippen molar-refractivity contribution in [2.75, 3.05) is 0 Å². The van der Waals surface area contributed by atoms with E-state index in [1.165, 1.54) is 0 Å². The average molecular weight is 404 g/mol. The van der Waals surface area contributed by atoms with Crippen LogP contribution in [0.1, 0.15) is 36.8 Å². The molecule has 24 heavy (non-hydrogen) atoms. The number of hydrogen-bond acceptors (Lipinski definition) is 1. The lowest BCUT2D eigenvalue weighted by molar-refractivity contribution is -0.119. The molecule has 0 radical (unpaired) electrons. The molecule has 0 N–H and O–H groups in total. The summed E-state index contributed by atoms with van der Waals surface area (Å²) in [7, 11) is 0. The summed E-state index contributed by atoms with van der Waals surface area (Å²) in [4.78, 5) is 12.0. The fourth-order valence-corrected chi connectivity index (χ4v) is 3.53. The van der Waals surface area contributed by atoms with Crippen molar-refractivity contribution in [1.29, 1.82) is 0 Å². The molecule has 2 aromatic rings. The van der Waals surface area contributed by atoms with Crippen molar-refractivity contribution in [3.8, 4) is 0 Å². The van der Waals surface area contributed by atoms with E-state index in [1.807, 2.05) is 24.3 Å². The van der Waals surface area contributed by atoms with Gasteiger partial charge < -0.3 is 0 Å². The number of carbonyl (C=O) groups excluding carboxylic acids is 1. The predicted molar refractivity (Wildman–Crippen MR) is 104 cm³/mol. The highest BCUT2D eigenvalue weighted by Crippen LogP contribution is 2.24. The second kappa shape index (κ2) is 9.68. The minimum absolute atomic E-state index is 0.269. The van der Waals surface area contributed by atoms with E-state index in [0.29, 0.717) is 32.9 Å². The lowest BCUT2D eigenvalue weighted by Gasteiger charge is -2.06. The molecule has 0 aliphatic rings. The molecule has 0 unspecified atom stereocenters. The molecule has 0 heterocycles. The highest BCUT2D eigenvalue weighted by molar-refractivity contribution is 6.35. The van der Waals surface area contributed by atoms with Crippen molar-refractivity contribution in [3.05, 3.63) is 67.6 Å². The second-order valence-corrected chi connectivity index (χ2v) is 7.40. The smallest absolute Gasteiger partial charge is 0.132 e. The fraction of sp³-hybridized carbons (Fsp3) is 0.316. The number of rotatable bonds is 8. The first-order valence-corrected chi connectivity index (χ1v) is 9.36. The number of carbonyl (C=O) groups is 1. The third-order valence-electron chi connectivity index (χ3n) is 3.83. The Morgan fingerprint density at radius 2 is 1.12 bits per heavy atom. The Morgan fingerprint density at radius 3 is 1.50 bits per heavy atom. The summed E-state index contributed by atoms with van der Waals surface area (Å²) in [5.74, 6) is 0.269. The van der Waals surface area contributed by atoms with Crippen LogP contribution >= 0.6 is 46.4 Å². The first kappa shape index (κ1) is 19.6. The fourth-order valence-electron chi connectivity index (χ4n) is 2.53. The molecule has 0 fully saturated rings. The summed E-state index contributed by atoms with van der Waals surface area (Å²) in [5, 5.41) is 2.57. The predicted octanol–water partition coefficient (Wildman–Crippen LogP) is 7.21. The summed E-state index contributed by atoms with van der Waals surface area (Å²) >= 11 is 24.0. The van der Waals surface area contributed by atoms with Crippen molar-refractivity contribution >= 4 is 52.2 Å². The van der Waals surface area contributed by atoms with E-state index >= 15 is 0 Å². The normalized spacial score (nSPS) is 10.8. The van der Waals surface area contributed by atoms with Gasteiger partial charge in [0, 0.05) is 32.9 Å². The van der Waals surface area contributed by atoms with Crippen LogP contribution in [-0.4, -0.2) is 5.78 Å². The van der Waals surface area contributed by atoms with Crippen molar-refractivity contribution < 1.29 is 4.79 Å². The second-order valence-electron chi connectivity index (χ2n) is 5.72. The maximum atomic E-state index is 12.0. The topological polar surface area (TPSA) is 17.1 Å². The van der Waals surface area contributed by atoms with E-state index in [2.05, 4.69) is 0 Å². The molecule has 0 bridgehead atoms. The SMILES string of the molecule is O=C(CCCc1ccc(Cl)cc1Cl)CCCc1ccc(Cl)cc1Cl. The Balaban J connectivity index is 1.70. The Hall–Kier alpha value is -0.730. The summed E-state index contributed by atoms with van der Waals surface area (Å²) in [6.45, 7) is 0. The Labute approximate surface area is 162 Å². The average Bonchev–Trinajstić information content (AvgIpc) is 2.51. The van der Waals surface area contributed by atoms with Gasteiger partial charge in [0.1, 0.15) is 5.78 Å². The van der Waals surface area contributed by atoms with Gasteiger partial charge in [0.25, 0.3) is 0 Å². The highest BCUT2D eigenvalue weighted by atomic mass is 35.5. The van der Waals surface area contributed by atoms with E-state index < -0.39 is 0 Å². The van der Waals surface area contributed by atoms with Gasteiger partial charge in [-0.25, -0.2) is 0 Å².